The van der Waals surface area contributed by atoms with Crippen LogP contribution in [0.25, 0.3) is 0 Å². The maximum atomic E-state index is 12.0. The zero-order valence-electron chi connectivity index (χ0n) is 18.5. The Morgan fingerprint density at radius 3 is 2.47 bits per heavy atom. The first-order valence-electron chi connectivity index (χ1n) is 10.4. The van der Waals surface area contributed by atoms with Crippen LogP contribution in [-0.4, -0.2) is 69.9 Å². The number of rotatable bonds is 14. The molecule has 0 aromatic rings. The molecule has 1 heterocycles. The molecular formula is C18H36BO7P2SSi+. The molecule has 1 N–H and O–H groups in total. The predicted molar refractivity (Wildman–Crippen MR) is 128 cm³/mol. The Kier molecular flexibility index (Phi) is 14.8. The molecule has 7 nitrogen and oxygen atoms in total. The van der Waals surface area contributed by atoms with Crippen LogP contribution >= 0.6 is 16.3 Å². The average Bonchev–Trinajstić information content (AvgIpc) is 2.62. The van der Waals surface area contributed by atoms with Crippen LogP contribution in [-0.2, 0) is 39.7 Å². The van der Waals surface area contributed by atoms with Crippen molar-refractivity contribution in [3.63, 3.8) is 0 Å². The van der Waals surface area contributed by atoms with E-state index < -0.39 is 14.4 Å². The van der Waals surface area contributed by atoms with Crippen LogP contribution < -0.4 is 0 Å². The maximum absolute atomic E-state index is 12.0. The molecular weight excluding hydrogens is 461 g/mol. The van der Waals surface area contributed by atoms with E-state index in [0.717, 1.165) is 0 Å². The summed E-state index contributed by atoms with van der Waals surface area (Å²) in [4.78, 5) is 12.0. The summed E-state index contributed by atoms with van der Waals surface area (Å²) in [7, 11) is 0.445. The fraction of sp³-hybridized carbons (Fsp3) is 0.944. The van der Waals surface area contributed by atoms with E-state index in [2.05, 4.69) is 29.1 Å². The number of carbonyl (C=O) groups excluding carboxylic acids is 1. The molecule has 0 aliphatic carbocycles. The SMILES string of the molecule is CCOC(=O)C[C@@H](C[C@H]1C[C@@H](O)C[C@@H](C[C@H](CCOB=[P+]=S)OP)O1)O[Si](C)(C)C. The summed E-state index contributed by atoms with van der Waals surface area (Å²) in [6.45, 7) is 11.2. The fourth-order valence-corrected chi connectivity index (χ4v) is 5.36. The molecule has 1 rings (SSSR count). The Balaban J connectivity index is 2.67. The molecule has 172 valence electrons. The van der Waals surface area contributed by atoms with Gasteiger partial charge in [0.2, 0.25) is 0 Å². The van der Waals surface area contributed by atoms with Crippen molar-refractivity contribution in [2.45, 2.75) is 95.6 Å². The van der Waals surface area contributed by atoms with Gasteiger partial charge in [0.15, 0.2) is 0 Å². The summed E-state index contributed by atoms with van der Waals surface area (Å²) in [5.74, 6) is -0.264. The van der Waals surface area contributed by atoms with E-state index in [0.29, 0.717) is 52.2 Å². The Bertz CT molecular complexity index is 563. The summed E-state index contributed by atoms with van der Waals surface area (Å²) < 4.78 is 28.4. The first-order valence-corrected chi connectivity index (χ1v) is 16.3. The summed E-state index contributed by atoms with van der Waals surface area (Å²) in [5.41, 5.74) is 0. The number of hydrogen-bond acceptors (Lipinski definition) is 8. The Hall–Kier alpha value is 0.632. The smallest absolute Gasteiger partial charge is 0.0461 e. The van der Waals surface area contributed by atoms with Crippen LogP contribution in [0.2, 0.25) is 19.6 Å². The van der Waals surface area contributed by atoms with E-state index in [9.17, 15) is 9.90 Å². The molecule has 0 bridgehead atoms. The molecule has 0 aromatic carbocycles. The van der Waals surface area contributed by atoms with Crippen molar-refractivity contribution >= 4 is 49.2 Å². The van der Waals surface area contributed by atoms with Crippen molar-refractivity contribution in [2.24, 2.45) is 0 Å². The molecule has 0 amide bonds. The van der Waals surface area contributed by atoms with E-state index in [4.69, 9.17) is 34.9 Å². The number of esters is 1. The predicted octanol–water partition coefficient (Wildman–Crippen LogP) is 3.37. The molecule has 1 aliphatic heterocycles. The minimum Gasteiger partial charge on any atom is -0.0461 e. The third-order valence-electron chi connectivity index (χ3n) is 4.59. The zero-order chi connectivity index (χ0) is 22.6. The molecule has 12 heteroatoms. The molecule has 0 radical (unpaired) electrons. The van der Waals surface area contributed by atoms with Crippen molar-refractivity contribution in [2.75, 3.05) is 13.2 Å². The van der Waals surface area contributed by atoms with Gasteiger partial charge < -0.3 is 4.74 Å². The van der Waals surface area contributed by atoms with Gasteiger partial charge in [-0.05, 0) is 26.6 Å². The van der Waals surface area contributed by atoms with Gasteiger partial charge in [-0.3, -0.25) is 4.79 Å². The molecule has 0 spiro atoms. The summed E-state index contributed by atoms with van der Waals surface area (Å²) in [6, 6.07) is 0. The molecule has 1 saturated heterocycles. The summed E-state index contributed by atoms with van der Waals surface area (Å²) in [6.07, 6.45) is 2.13. The van der Waals surface area contributed by atoms with E-state index in [1.54, 1.807) is 13.7 Å². The van der Waals surface area contributed by atoms with Crippen molar-refractivity contribution in [1.29, 1.82) is 0 Å². The van der Waals surface area contributed by atoms with Gasteiger partial charge in [0.05, 0.1) is 6.61 Å². The Morgan fingerprint density at radius 1 is 1.30 bits per heavy atom. The van der Waals surface area contributed by atoms with E-state index in [1.165, 1.54) is 0 Å². The van der Waals surface area contributed by atoms with Crippen LogP contribution in [0.1, 0.15) is 45.4 Å². The van der Waals surface area contributed by atoms with Gasteiger partial charge in [0.25, 0.3) is 0 Å². The number of aliphatic hydroxyl groups excluding tert-OH is 1. The number of ether oxygens (including phenoxy) is 2. The molecule has 6 atom stereocenters. The number of hydrogen-bond donors (Lipinski definition) is 1. The average molecular weight is 497 g/mol. The van der Waals surface area contributed by atoms with Gasteiger partial charge in [0.1, 0.15) is 0 Å². The van der Waals surface area contributed by atoms with Gasteiger partial charge in [0, 0.05) is 0 Å². The second-order valence-electron chi connectivity index (χ2n) is 8.47. The summed E-state index contributed by atoms with van der Waals surface area (Å²) in [5, 5.41) is 10.4. The second kappa shape index (κ2) is 15.5. The number of carbonyl (C=O) groups is 1. The van der Waals surface area contributed by atoms with Crippen molar-refractivity contribution in [1.82, 2.24) is 0 Å². The van der Waals surface area contributed by atoms with Gasteiger partial charge in [-0.2, -0.15) is 0 Å². The van der Waals surface area contributed by atoms with Gasteiger partial charge in [-0.1, -0.05) is 0 Å². The molecule has 30 heavy (non-hydrogen) atoms. The van der Waals surface area contributed by atoms with Gasteiger partial charge >= 0.3 is 148 Å². The van der Waals surface area contributed by atoms with Crippen molar-refractivity contribution < 1.29 is 33.0 Å². The third-order valence-corrected chi connectivity index (χ3v) is 6.51. The van der Waals surface area contributed by atoms with Crippen LogP contribution in [0.3, 0.4) is 0 Å². The van der Waals surface area contributed by atoms with Crippen LogP contribution in [0, 0.1) is 0 Å². The van der Waals surface area contributed by atoms with Crippen molar-refractivity contribution in [3.05, 3.63) is 0 Å². The molecule has 0 saturated carbocycles. The minimum atomic E-state index is -1.86. The molecule has 0 aromatic heterocycles. The minimum absolute atomic E-state index is 0.0605. The monoisotopic (exact) mass is 497 g/mol. The van der Waals surface area contributed by atoms with Crippen molar-refractivity contribution in [3.8, 4) is 0 Å². The number of aliphatic hydroxyl groups is 1. The molecule has 1 aliphatic rings. The van der Waals surface area contributed by atoms with Gasteiger partial charge in [-0.15, -0.1) is 0 Å². The standard InChI is InChI=1S/C18H36BO7P2SSi/c1-5-22-18(21)12-17(26-30(2,3)4)11-16-9-13(20)8-15(24-16)10-14(25-27)6-7-23-19-28-29/h13-17,20H,5-12,27H2,1-4H3/q+1/t13-,14-,15-,16+,17+/m0/s1. The van der Waals surface area contributed by atoms with E-state index >= 15 is 0 Å². The van der Waals surface area contributed by atoms with E-state index in [1.807, 2.05) is 0 Å². The summed E-state index contributed by atoms with van der Waals surface area (Å²) >= 11 is 4.80. The third kappa shape index (κ3) is 13.2. The normalized spacial score (nSPS) is 24.0. The fourth-order valence-electron chi connectivity index (χ4n) is 3.58. The first kappa shape index (κ1) is 28.7. The van der Waals surface area contributed by atoms with E-state index in [-0.39, 0.29) is 36.8 Å². The Morgan fingerprint density at radius 2 is 1.93 bits per heavy atom. The van der Waals surface area contributed by atoms with Crippen LogP contribution in [0.4, 0.5) is 0 Å². The molecule has 1 unspecified atom stereocenters. The van der Waals surface area contributed by atoms with Crippen LogP contribution in [0.5, 0.6) is 0 Å². The second-order valence-corrected chi connectivity index (χ2v) is 14.3. The quantitative estimate of drug-likeness (QED) is 0.169. The van der Waals surface area contributed by atoms with Crippen LogP contribution in [0.15, 0.2) is 0 Å². The zero-order valence-corrected chi connectivity index (χ0v) is 22.3. The first-order chi connectivity index (χ1) is 14.2. The Labute approximate surface area is 191 Å². The molecule has 1 fully saturated rings. The topological polar surface area (TPSA) is 83.5 Å². The van der Waals surface area contributed by atoms with Gasteiger partial charge in [-0.25, -0.2) is 0 Å².